The minimum Gasteiger partial charge on any atom is -0.302 e. The van der Waals surface area contributed by atoms with E-state index in [0.717, 1.165) is 6.92 Å². The summed E-state index contributed by atoms with van der Waals surface area (Å²) in [5.41, 5.74) is 0. The van der Waals surface area contributed by atoms with Crippen molar-refractivity contribution in [2.45, 2.75) is 53.9 Å². The van der Waals surface area contributed by atoms with Gasteiger partial charge in [0.1, 0.15) is 0 Å². The maximum atomic E-state index is 13.8. The van der Waals surface area contributed by atoms with Gasteiger partial charge in [-0.2, -0.15) is 74.6 Å². The number of phosphoric acid groups is 1. The molecule has 0 aromatic rings. The van der Waals surface area contributed by atoms with Crippen molar-refractivity contribution in [1.29, 1.82) is 0 Å². The third-order valence-electron chi connectivity index (χ3n) is 3.97. The van der Waals surface area contributed by atoms with Crippen LogP contribution in [0, 0.1) is 0 Å². The van der Waals surface area contributed by atoms with Gasteiger partial charge in [0.25, 0.3) is 10.0 Å². The molecule has 1 atom stereocenters. The van der Waals surface area contributed by atoms with E-state index in [9.17, 15) is 87.6 Å². The third-order valence-corrected chi connectivity index (χ3v) is 6.58. The molecular weight excluding hydrogens is 640 g/mol. The molecule has 0 heterocycles. The summed E-state index contributed by atoms with van der Waals surface area (Å²) >= 11 is 0. The fourth-order valence-electron chi connectivity index (χ4n) is 1.95. The molecule has 230 valence electrons. The van der Waals surface area contributed by atoms with Crippen LogP contribution < -0.4 is 4.72 Å². The summed E-state index contributed by atoms with van der Waals surface area (Å²) < 4.78 is 265. The number of nitrogens with one attached hydrogen (secondary N) is 1. The van der Waals surface area contributed by atoms with Gasteiger partial charge in [0.15, 0.2) is 0 Å². The van der Waals surface area contributed by atoms with Crippen LogP contribution in [0.4, 0.5) is 74.6 Å². The maximum Gasteiger partial charge on any atom is 0.472 e. The van der Waals surface area contributed by atoms with Crippen LogP contribution in [-0.2, 0) is 23.6 Å². The molecule has 0 aliphatic carbocycles. The minimum atomic E-state index is -8.94. The number of rotatable bonds is 14. The SMILES string of the molecule is CCOP(=O)(O)OCCNS(=O)(=O)C(F)(F)C(F)(F)C(F)(F)C(F)(F)C(F)(F)C(F)(F)C(F)(F)C(F)(F)F. The predicted octanol–water partition coefficient (Wildman–Crippen LogP) is 5.03. The maximum absolute atomic E-state index is 13.8. The molecule has 0 saturated heterocycles. The first-order valence-electron chi connectivity index (χ1n) is 8.59. The molecule has 0 amide bonds. The van der Waals surface area contributed by atoms with Gasteiger partial charge in [-0.25, -0.2) is 17.7 Å². The zero-order chi connectivity index (χ0) is 31.2. The lowest BCUT2D eigenvalue weighted by atomic mass is 9.91. The lowest BCUT2D eigenvalue weighted by Crippen LogP contribution is -2.75. The van der Waals surface area contributed by atoms with Crippen molar-refractivity contribution < 1.29 is 102 Å². The smallest absolute Gasteiger partial charge is 0.302 e. The first kappa shape index (κ1) is 36.8. The van der Waals surface area contributed by atoms with Crippen LogP contribution >= 0.6 is 7.82 Å². The van der Waals surface area contributed by atoms with Crippen LogP contribution in [-0.4, -0.2) is 80.0 Å². The van der Waals surface area contributed by atoms with Crippen molar-refractivity contribution in [2.24, 2.45) is 0 Å². The second kappa shape index (κ2) is 10.3. The predicted molar refractivity (Wildman–Crippen MR) is 85.0 cm³/mol. The Kier molecular flexibility index (Phi) is 10.0. The first-order chi connectivity index (χ1) is 16.3. The highest BCUT2D eigenvalue weighted by molar-refractivity contribution is 7.90. The van der Waals surface area contributed by atoms with Gasteiger partial charge in [0.2, 0.25) is 0 Å². The molecular formula is C12H11F17NO6PS. The van der Waals surface area contributed by atoms with Crippen molar-refractivity contribution >= 4 is 17.8 Å². The van der Waals surface area contributed by atoms with E-state index in [4.69, 9.17) is 4.89 Å². The van der Waals surface area contributed by atoms with Gasteiger partial charge in [-0.3, -0.25) is 9.05 Å². The molecule has 0 bridgehead atoms. The van der Waals surface area contributed by atoms with Gasteiger partial charge in [-0.15, -0.1) is 0 Å². The molecule has 0 aromatic heterocycles. The number of hydrogen-bond acceptors (Lipinski definition) is 5. The summed E-state index contributed by atoms with van der Waals surface area (Å²) in [5, 5.41) is -7.74. The van der Waals surface area contributed by atoms with E-state index in [0.29, 0.717) is 0 Å². The molecule has 2 N–H and O–H groups in total. The van der Waals surface area contributed by atoms with Crippen molar-refractivity contribution in [3.8, 4) is 0 Å². The van der Waals surface area contributed by atoms with Gasteiger partial charge in [0.05, 0.1) is 13.2 Å². The van der Waals surface area contributed by atoms with Crippen molar-refractivity contribution in [1.82, 2.24) is 4.72 Å². The Morgan fingerprint density at radius 2 is 1.00 bits per heavy atom. The Balaban J connectivity index is 6.43. The minimum absolute atomic E-state index is 0.204. The largest absolute Gasteiger partial charge is 0.472 e. The molecule has 0 spiro atoms. The van der Waals surface area contributed by atoms with Crippen LogP contribution in [0.3, 0.4) is 0 Å². The molecule has 0 saturated carbocycles. The molecule has 26 heteroatoms. The number of phosphoric ester groups is 1. The van der Waals surface area contributed by atoms with E-state index in [1.165, 1.54) is 0 Å². The molecule has 0 rings (SSSR count). The summed E-state index contributed by atoms with van der Waals surface area (Å²) in [6.07, 6.45) is -7.92. The zero-order valence-electron chi connectivity index (χ0n) is 17.4. The average Bonchev–Trinajstić information content (AvgIpc) is 2.69. The van der Waals surface area contributed by atoms with Crippen LogP contribution in [0.5, 0.6) is 0 Å². The van der Waals surface area contributed by atoms with E-state index in [1.54, 1.807) is 0 Å². The van der Waals surface area contributed by atoms with Gasteiger partial charge < -0.3 is 4.89 Å². The van der Waals surface area contributed by atoms with Crippen LogP contribution in [0.15, 0.2) is 0 Å². The van der Waals surface area contributed by atoms with Crippen molar-refractivity contribution in [3.63, 3.8) is 0 Å². The fourth-order valence-corrected chi connectivity index (χ4v) is 3.67. The second-order valence-corrected chi connectivity index (χ2v) is 9.84. The van der Waals surface area contributed by atoms with E-state index in [2.05, 4.69) is 9.05 Å². The van der Waals surface area contributed by atoms with E-state index >= 15 is 0 Å². The topological polar surface area (TPSA) is 102 Å². The summed E-state index contributed by atoms with van der Waals surface area (Å²) in [4.78, 5) is 8.91. The summed E-state index contributed by atoms with van der Waals surface area (Å²) in [5.74, 6) is -52.2. The van der Waals surface area contributed by atoms with E-state index < -0.39 is 84.6 Å². The Bertz CT molecular complexity index is 998. The molecule has 0 aliphatic rings. The summed E-state index contributed by atoms with van der Waals surface area (Å²) in [6.45, 7) is -2.99. The lowest BCUT2D eigenvalue weighted by Gasteiger charge is -2.42. The Morgan fingerprint density at radius 1 is 0.658 bits per heavy atom. The Morgan fingerprint density at radius 3 is 1.34 bits per heavy atom. The highest BCUT2D eigenvalue weighted by Gasteiger charge is 2.96. The number of halogens is 17. The van der Waals surface area contributed by atoms with Gasteiger partial charge in [-0.05, 0) is 6.92 Å². The lowest BCUT2D eigenvalue weighted by molar-refractivity contribution is -0.458. The fraction of sp³-hybridized carbons (Fsp3) is 1.00. The Labute approximate surface area is 198 Å². The zero-order valence-corrected chi connectivity index (χ0v) is 19.1. The van der Waals surface area contributed by atoms with Crippen molar-refractivity contribution in [3.05, 3.63) is 0 Å². The van der Waals surface area contributed by atoms with Gasteiger partial charge in [0, 0.05) is 6.54 Å². The quantitative estimate of drug-likeness (QED) is 0.155. The third kappa shape index (κ3) is 5.67. The first-order valence-corrected chi connectivity index (χ1v) is 11.6. The van der Waals surface area contributed by atoms with Crippen molar-refractivity contribution in [2.75, 3.05) is 19.8 Å². The normalized spacial score (nSPS) is 17.4. The van der Waals surface area contributed by atoms with Crippen LogP contribution in [0.2, 0.25) is 0 Å². The van der Waals surface area contributed by atoms with E-state index in [-0.39, 0.29) is 4.72 Å². The second-order valence-electron chi connectivity index (χ2n) is 6.58. The monoisotopic (exact) mass is 651 g/mol. The highest BCUT2D eigenvalue weighted by atomic mass is 32.2. The molecule has 0 aliphatic heterocycles. The summed E-state index contributed by atoms with van der Waals surface area (Å²) in [6, 6.07) is 0. The van der Waals surface area contributed by atoms with E-state index in [1.807, 2.05) is 0 Å². The average molecular weight is 651 g/mol. The van der Waals surface area contributed by atoms with Crippen LogP contribution in [0.25, 0.3) is 0 Å². The standard InChI is InChI=1S/C12H11F17NO6PS/c1-2-35-37(31,32)36-4-3-30-38(33,34)12(28,29)10(23,24)8(19,20)6(15,16)5(13,14)7(17,18)9(21,22)11(25,26)27/h30H,2-4H2,1H3,(H,31,32). The number of alkyl halides is 17. The molecule has 7 nitrogen and oxygen atoms in total. The number of sulfonamides is 1. The summed E-state index contributed by atoms with van der Waals surface area (Å²) in [7, 11) is -12.6. The Hall–Kier alpha value is -1.17. The molecule has 0 aromatic carbocycles. The molecule has 38 heavy (non-hydrogen) atoms. The van der Waals surface area contributed by atoms with Gasteiger partial charge in [-0.1, -0.05) is 0 Å². The molecule has 1 unspecified atom stereocenters. The number of hydrogen-bond donors (Lipinski definition) is 2. The highest BCUT2D eigenvalue weighted by Crippen LogP contribution is 2.64. The molecule has 0 radical (unpaired) electrons. The van der Waals surface area contributed by atoms with Crippen LogP contribution in [0.1, 0.15) is 6.92 Å². The molecule has 0 fully saturated rings. The van der Waals surface area contributed by atoms with Gasteiger partial charge >= 0.3 is 54.8 Å².